The van der Waals surface area contributed by atoms with Gasteiger partial charge in [-0.25, -0.2) is 29.3 Å². The average molecular weight is 548 g/mol. The molecule has 1 unspecified atom stereocenters. The summed E-state index contributed by atoms with van der Waals surface area (Å²) in [7, 11) is 1.76. The maximum Gasteiger partial charge on any atom is 0.229 e. The monoisotopic (exact) mass is 547 g/mol. The van der Waals surface area contributed by atoms with Crippen LogP contribution < -0.4 is 5.32 Å². The number of methoxy groups -OCH3 is 1. The predicted molar refractivity (Wildman–Crippen MR) is 154 cm³/mol. The lowest BCUT2D eigenvalue weighted by Crippen LogP contribution is -2.54. The van der Waals surface area contributed by atoms with E-state index in [0.717, 1.165) is 56.2 Å². The number of imidazole rings is 1. The highest BCUT2D eigenvalue weighted by atomic mass is 19.1. The molecule has 4 aromatic rings. The van der Waals surface area contributed by atoms with Crippen molar-refractivity contribution in [2.75, 3.05) is 45.2 Å². The Morgan fingerprint density at radius 1 is 1.07 bits per heavy atom. The molecule has 1 N–H and O–H groups in total. The summed E-state index contributed by atoms with van der Waals surface area (Å²) in [6.45, 7) is 16.0. The highest BCUT2D eigenvalue weighted by molar-refractivity contribution is 5.78. The number of nitrogens with zero attached hydrogens (tertiary/aromatic N) is 8. The molecule has 10 nitrogen and oxygen atoms in total. The fourth-order valence-corrected chi connectivity index (χ4v) is 5.51. The van der Waals surface area contributed by atoms with Crippen molar-refractivity contribution in [3.63, 3.8) is 0 Å². The Morgan fingerprint density at radius 2 is 1.90 bits per heavy atom. The van der Waals surface area contributed by atoms with E-state index < -0.39 is 5.82 Å². The third-order valence-corrected chi connectivity index (χ3v) is 7.29. The molecule has 1 saturated heterocycles. The van der Waals surface area contributed by atoms with E-state index in [0.29, 0.717) is 23.1 Å². The fourth-order valence-electron chi connectivity index (χ4n) is 5.51. The van der Waals surface area contributed by atoms with Gasteiger partial charge in [0.1, 0.15) is 17.3 Å². The topological polar surface area (TPSA) is 97.1 Å². The van der Waals surface area contributed by atoms with Crippen LogP contribution in [-0.4, -0.2) is 85.2 Å². The van der Waals surface area contributed by atoms with Gasteiger partial charge >= 0.3 is 0 Å². The summed E-state index contributed by atoms with van der Waals surface area (Å²) in [4.78, 5) is 27.1. The van der Waals surface area contributed by atoms with Gasteiger partial charge in [0.25, 0.3) is 0 Å². The number of hydrogen-bond donors (Lipinski definition) is 1. The third kappa shape index (κ3) is 5.96. The van der Waals surface area contributed by atoms with E-state index >= 15 is 0 Å². The molecule has 1 atom stereocenters. The van der Waals surface area contributed by atoms with Crippen LogP contribution in [0.25, 0.3) is 22.4 Å². The Bertz CT molecular complexity index is 1470. The van der Waals surface area contributed by atoms with E-state index in [-0.39, 0.29) is 17.2 Å². The lowest BCUT2D eigenvalue weighted by Gasteiger charge is -2.40. The Kier molecular flexibility index (Phi) is 8.07. The van der Waals surface area contributed by atoms with Gasteiger partial charge in [-0.15, -0.1) is 0 Å². The molecular formula is C29H38FN9O. The summed E-state index contributed by atoms with van der Waals surface area (Å²) in [6, 6.07) is 6.23. The summed E-state index contributed by atoms with van der Waals surface area (Å²) < 4.78 is 22.4. The number of rotatable bonds is 8. The van der Waals surface area contributed by atoms with Crippen molar-refractivity contribution in [3.8, 4) is 11.3 Å². The molecule has 0 radical (unpaired) electrons. The molecule has 0 spiro atoms. The van der Waals surface area contributed by atoms with E-state index in [1.807, 2.05) is 31.3 Å². The highest BCUT2D eigenvalue weighted by Crippen LogP contribution is 2.29. The Labute approximate surface area is 234 Å². The number of likely N-dealkylation sites (N-methyl/N-ethyl adjacent to an activating group) is 1. The number of fused-ring (bicyclic) bond motifs is 1. The molecule has 0 aliphatic carbocycles. The summed E-state index contributed by atoms with van der Waals surface area (Å²) in [5.74, 6) is 1.17. The van der Waals surface area contributed by atoms with Crippen LogP contribution in [0.1, 0.15) is 39.1 Å². The van der Waals surface area contributed by atoms with E-state index in [4.69, 9.17) is 4.74 Å². The summed E-state index contributed by atoms with van der Waals surface area (Å²) >= 11 is 0. The molecule has 40 heavy (non-hydrogen) atoms. The van der Waals surface area contributed by atoms with Gasteiger partial charge in [0.15, 0.2) is 11.5 Å². The van der Waals surface area contributed by atoms with Crippen molar-refractivity contribution >= 4 is 22.9 Å². The predicted octanol–water partition coefficient (Wildman–Crippen LogP) is 4.38. The van der Waals surface area contributed by atoms with Crippen LogP contribution in [-0.2, 0) is 16.8 Å². The second-order valence-corrected chi connectivity index (χ2v) is 11.3. The number of aromatic nitrogens is 6. The van der Waals surface area contributed by atoms with Crippen molar-refractivity contribution in [1.29, 1.82) is 0 Å². The molecule has 5 rings (SSSR count). The molecular weight excluding hydrogens is 509 g/mol. The van der Waals surface area contributed by atoms with Crippen molar-refractivity contribution in [1.82, 2.24) is 39.3 Å². The number of hydrogen-bond acceptors (Lipinski definition) is 9. The van der Waals surface area contributed by atoms with Gasteiger partial charge in [0, 0.05) is 62.8 Å². The molecule has 0 amide bonds. The molecule has 0 aromatic carbocycles. The van der Waals surface area contributed by atoms with E-state index in [9.17, 15) is 4.39 Å². The first kappa shape index (κ1) is 28.0. The zero-order valence-electron chi connectivity index (χ0n) is 24.1. The quantitative estimate of drug-likeness (QED) is 0.345. The van der Waals surface area contributed by atoms with Crippen LogP contribution in [0, 0.1) is 12.7 Å². The van der Waals surface area contributed by atoms with Gasteiger partial charge in [-0.05, 0) is 51.9 Å². The molecule has 0 bridgehead atoms. The number of halogens is 1. The van der Waals surface area contributed by atoms with Crippen molar-refractivity contribution < 1.29 is 9.13 Å². The van der Waals surface area contributed by atoms with E-state index in [2.05, 4.69) is 72.3 Å². The molecule has 1 aliphatic heterocycles. The fraction of sp³-hybridized carbons (Fsp3) is 0.483. The van der Waals surface area contributed by atoms with Crippen LogP contribution in [0.2, 0.25) is 0 Å². The minimum absolute atomic E-state index is 0.166. The van der Waals surface area contributed by atoms with Crippen LogP contribution in [0.3, 0.4) is 0 Å². The Morgan fingerprint density at radius 3 is 2.60 bits per heavy atom. The van der Waals surface area contributed by atoms with Crippen LogP contribution in [0.15, 0.2) is 36.8 Å². The molecule has 5 heterocycles. The van der Waals surface area contributed by atoms with Crippen molar-refractivity contribution in [2.24, 2.45) is 0 Å². The standard InChI is InChI=1S/C29H38FN9O/c1-7-38-11-10-37(17-22(38)18-40-6)16-20-8-9-25(31-13-20)35-28-33-15-23(30)26(36-28)21-12-24-27(32-14-21)34-19(2)39(24)29(3,4)5/h8-9,12-15,22H,7,10-11,16-18H2,1-6H3,(H,31,33,35,36). The van der Waals surface area contributed by atoms with Crippen LogP contribution in [0.4, 0.5) is 16.2 Å². The van der Waals surface area contributed by atoms with E-state index in [1.165, 1.54) is 6.20 Å². The summed E-state index contributed by atoms with van der Waals surface area (Å²) in [6.07, 6.45) is 4.63. The summed E-state index contributed by atoms with van der Waals surface area (Å²) in [5.41, 5.74) is 3.09. The third-order valence-electron chi connectivity index (χ3n) is 7.29. The average Bonchev–Trinajstić information content (AvgIpc) is 3.27. The first-order valence-electron chi connectivity index (χ1n) is 13.7. The molecule has 0 saturated carbocycles. The number of aryl methyl sites for hydroxylation is 1. The van der Waals surface area contributed by atoms with Crippen LogP contribution >= 0.6 is 0 Å². The summed E-state index contributed by atoms with van der Waals surface area (Å²) in [5, 5.41) is 3.11. The smallest absolute Gasteiger partial charge is 0.229 e. The minimum Gasteiger partial charge on any atom is -0.383 e. The number of piperazine rings is 1. The van der Waals surface area contributed by atoms with Gasteiger partial charge in [-0.2, -0.15) is 0 Å². The first-order valence-corrected chi connectivity index (χ1v) is 13.7. The zero-order valence-corrected chi connectivity index (χ0v) is 24.1. The molecule has 1 fully saturated rings. The SMILES string of the molecule is CCN1CCN(Cc2ccc(Nc3ncc(F)c(-c4cnc5nc(C)n(C(C)(C)C)c5c4)n3)nc2)CC1COC. The van der Waals surface area contributed by atoms with Crippen molar-refractivity contribution in [2.45, 2.75) is 52.7 Å². The number of ether oxygens (including phenoxy) is 1. The molecule has 1 aliphatic rings. The maximum atomic E-state index is 14.9. The number of anilines is 2. The van der Waals surface area contributed by atoms with Crippen molar-refractivity contribution in [3.05, 3.63) is 54.0 Å². The molecule has 212 valence electrons. The number of pyridine rings is 2. The Hall–Kier alpha value is -3.54. The number of nitrogens with one attached hydrogen (secondary N) is 1. The molecule has 4 aromatic heterocycles. The second kappa shape index (κ2) is 11.5. The zero-order chi connectivity index (χ0) is 28.4. The largest absolute Gasteiger partial charge is 0.383 e. The van der Waals surface area contributed by atoms with Gasteiger partial charge < -0.3 is 14.6 Å². The maximum absolute atomic E-state index is 14.9. The highest BCUT2D eigenvalue weighted by Gasteiger charge is 2.26. The van der Waals surface area contributed by atoms with E-state index in [1.54, 1.807) is 13.3 Å². The van der Waals surface area contributed by atoms with Gasteiger partial charge in [-0.1, -0.05) is 13.0 Å². The normalized spacial score (nSPS) is 17.0. The first-order chi connectivity index (χ1) is 19.2. The minimum atomic E-state index is -0.525. The van der Waals surface area contributed by atoms with Crippen LogP contribution in [0.5, 0.6) is 0 Å². The van der Waals surface area contributed by atoms with Gasteiger partial charge in [0.2, 0.25) is 5.95 Å². The lowest BCUT2D eigenvalue weighted by atomic mass is 10.1. The van der Waals surface area contributed by atoms with Gasteiger partial charge in [0.05, 0.1) is 18.3 Å². The van der Waals surface area contributed by atoms with Gasteiger partial charge in [-0.3, -0.25) is 9.80 Å². The Balaban J connectivity index is 1.31. The second-order valence-electron chi connectivity index (χ2n) is 11.3. The lowest BCUT2D eigenvalue weighted by molar-refractivity contribution is 0.0254. The molecule has 11 heteroatoms.